The summed E-state index contributed by atoms with van der Waals surface area (Å²) in [7, 11) is 3.17. The number of para-hydroxylation sites is 1. The van der Waals surface area contributed by atoms with E-state index in [1.54, 1.807) is 25.8 Å². The van der Waals surface area contributed by atoms with Gasteiger partial charge in [-0.15, -0.1) is 11.3 Å². The van der Waals surface area contributed by atoms with Gasteiger partial charge in [-0.2, -0.15) is 0 Å². The minimum Gasteiger partial charge on any atom is -0.493 e. The van der Waals surface area contributed by atoms with Crippen LogP contribution in [0.2, 0.25) is 0 Å². The summed E-state index contributed by atoms with van der Waals surface area (Å²) >= 11 is 1.37. The zero-order valence-corrected chi connectivity index (χ0v) is 16.1. The predicted molar refractivity (Wildman–Crippen MR) is 110 cm³/mol. The Hall–Kier alpha value is -3.45. The van der Waals surface area contributed by atoms with E-state index in [0.717, 1.165) is 16.5 Å². The van der Waals surface area contributed by atoms with Crippen molar-refractivity contribution in [3.05, 3.63) is 65.8 Å². The minimum absolute atomic E-state index is 0.277. The normalized spacial score (nSPS) is 10.6. The van der Waals surface area contributed by atoms with Crippen molar-refractivity contribution in [3.8, 4) is 22.1 Å². The Morgan fingerprint density at radius 2 is 1.89 bits per heavy atom. The van der Waals surface area contributed by atoms with Gasteiger partial charge < -0.3 is 14.8 Å². The number of benzene rings is 2. The molecule has 0 atom stereocenters. The van der Waals surface area contributed by atoms with E-state index in [1.807, 2.05) is 48.5 Å². The number of pyridine rings is 1. The number of rotatable bonds is 5. The number of amides is 1. The molecule has 0 radical (unpaired) electrons. The number of thiazole rings is 1. The molecule has 0 saturated heterocycles. The maximum Gasteiger partial charge on any atom is 0.275 e. The van der Waals surface area contributed by atoms with Crippen molar-refractivity contribution in [2.45, 2.75) is 0 Å². The van der Waals surface area contributed by atoms with Gasteiger partial charge in [-0.25, -0.2) is 4.98 Å². The fraction of sp³-hybridized carbons (Fsp3) is 0.0952. The van der Waals surface area contributed by atoms with Crippen LogP contribution in [0, 0.1) is 0 Å². The molecule has 140 valence electrons. The molecule has 0 aliphatic rings. The third-order valence-electron chi connectivity index (χ3n) is 4.26. The molecule has 2 aromatic carbocycles. The van der Waals surface area contributed by atoms with Crippen molar-refractivity contribution in [2.24, 2.45) is 0 Å². The van der Waals surface area contributed by atoms with Gasteiger partial charge in [0.05, 0.1) is 31.0 Å². The lowest BCUT2D eigenvalue weighted by Gasteiger charge is -2.10. The van der Waals surface area contributed by atoms with Gasteiger partial charge in [0.15, 0.2) is 11.5 Å². The highest BCUT2D eigenvalue weighted by Gasteiger charge is 2.17. The molecule has 0 aliphatic carbocycles. The van der Waals surface area contributed by atoms with E-state index in [2.05, 4.69) is 15.3 Å². The van der Waals surface area contributed by atoms with Crippen LogP contribution in [0.5, 0.6) is 11.5 Å². The molecule has 28 heavy (non-hydrogen) atoms. The van der Waals surface area contributed by atoms with E-state index in [4.69, 9.17) is 9.47 Å². The third kappa shape index (κ3) is 3.27. The van der Waals surface area contributed by atoms with E-state index in [1.165, 1.54) is 11.3 Å². The van der Waals surface area contributed by atoms with Crippen LogP contribution in [0.4, 0.5) is 5.69 Å². The molecule has 1 amide bonds. The summed E-state index contributed by atoms with van der Waals surface area (Å²) in [6.07, 6.45) is 1.72. The average molecular weight is 391 g/mol. The second-order valence-corrected chi connectivity index (χ2v) is 6.77. The number of hydrogen-bond acceptors (Lipinski definition) is 6. The van der Waals surface area contributed by atoms with Crippen molar-refractivity contribution in [2.75, 3.05) is 19.5 Å². The molecule has 0 bridgehead atoms. The Kier molecular flexibility index (Phi) is 4.90. The highest BCUT2D eigenvalue weighted by Crippen LogP contribution is 2.39. The van der Waals surface area contributed by atoms with Gasteiger partial charge in [-0.3, -0.25) is 9.78 Å². The summed E-state index contributed by atoms with van der Waals surface area (Å²) in [6.45, 7) is 0. The first-order valence-electron chi connectivity index (χ1n) is 8.53. The van der Waals surface area contributed by atoms with Gasteiger partial charge in [-0.05, 0) is 36.4 Å². The third-order valence-corrected chi connectivity index (χ3v) is 5.14. The summed E-state index contributed by atoms with van der Waals surface area (Å²) in [4.78, 5) is 21.5. The predicted octanol–water partition coefficient (Wildman–Crippen LogP) is 4.63. The lowest BCUT2D eigenvalue weighted by Crippen LogP contribution is -2.12. The molecule has 0 saturated carbocycles. The van der Waals surface area contributed by atoms with Gasteiger partial charge in [0.1, 0.15) is 10.7 Å². The van der Waals surface area contributed by atoms with Crippen LogP contribution in [0.25, 0.3) is 21.5 Å². The first-order chi connectivity index (χ1) is 13.7. The topological polar surface area (TPSA) is 73.3 Å². The van der Waals surface area contributed by atoms with E-state index < -0.39 is 0 Å². The maximum atomic E-state index is 12.7. The standard InChI is InChI=1S/C21H17N3O3S/c1-26-18-10-3-6-14(19(18)27-2)21-24-17(12-28-21)20(25)23-16-9-4-8-15-13(16)7-5-11-22-15/h3-12H,1-2H3,(H,23,25). The summed E-state index contributed by atoms with van der Waals surface area (Å²) in [6, 6.07) is 14.9. The molecule has 1 N–H and O–H groups in total. The second kappa shape index (κ2) is 7.66. The number of aromatic nitrogens is 2. The van der Waals surface area contributed by atoms with Crippen LogP contribution in [0.1, 0.15) is 10.5 Å². The number of fused-ring (bicyclic) bond motifs is 1. The van der Waals surface area contributed by atoms with Crippen molar-refractivity contribution in [3.63, 3.8) is 0 Å². The van der Waals surface area contributed by atoms with Crippen LogP contribution < -0.4 is 14.8 Å². The molecule has 7 heteroatoms. The van der Waals surface area contributed by atoms with Crippen LogP contribution in [-0.2, 0) is 0 Å². The average Bonchev–Trinajstić information content (AvgIpc) is 3.23. The van der Waals surface area contributed by atoms with E-state index >= 15 is 0 Å². The van der Waals surface area contributed by atoms with Gasteiger partial charge in [0.2, 0.25) is 0 Å². The molecular formula is C21H17N3O3S. The molecule has 0 aliphatic heterocycles. The zero-order valence-electron chi connectivity index (χ0n) is 15.3. The Labute approximate surface area is 165 Å². The monoisotopic (exact) mass is 391 g/mol. The highest BCUT2D eigenvalue weighted by atomic mass is 32.1. The van der Waals surface area contributed by atoms with E-state index in [0.29, 0.717) is 27.9 Å². The van der Waals surface area contributed by atoms with Gasteiger partial charge in [-0.1, -0.05) is 12.1 Å². The first-order valence-corrected chi connectivity index (χ1v) is 9.41. The summed E-state index contributed by atoms with van der Waals surface area (Å²) < 4.78 is 10.8. The Balaban J connectivity index is 1.64. The van der Waals surface area contributed by atoms with Crippen molar-refractivity contribution >= 4 is 33.8 Å². The lowest BCUT2D eigenvalue weighted by atomic mass is 10.2. The van der Waals surface area contributed by atoms with E-state index in [9.17, 15) is 4.79 Å². The number of methoxy groups -OCH3 is 2. The van der Waals surface area contributed by atoms with Crippen LogP contribution in [-0.4, -0.2) is 30.1 Å². The van der Waals surface area contributed by atoms with E-state index in [-0.39, 0.29) is 5.91 Å². The first kappa shape index (κ1) is 17.9. The highest BCUT2D eigenvalue weighted by molar-refractivity contribution is 7.13. The van der Waals surface area contributed by atoms with Crippen LogP contribution in [0.15, 0.2) is 60.1 Å². The molecule has 0 fully saturated rings. The number of carbonyl (C=O) groups excluding carboxylic acids is 1. The maximum absolute atomic E-state index is 12.7. The van der Waals surface area contributed by atoms with Crippen molar-refractivity contribution < 1.29 is 14.3 Å². The zero-order chi connectivity index (χ0) is 19.5. The Morgan fingerprint density at radius 3 is 2.71 bits per heavy atom. The fourth-order valence-corrected chi connectivity index (χ4v) is 3.78. The number of nitrogens with one attached hydrogen (secondary N) is 1. The fourth-order valence-electron chi connectivity index (χ4n) is 2.96. The number of nitrogens with zero attached hydrogens (tertiary/aromatic N) is 2. The number of ether oxygens (including phenoxy) is 2. The van der Waals surface area contributed by atoms with Gasteiger partial charge >= 0.3 is 0 Å². The largest absolute Gasteiger partial charge is 0.493 e. The lowest BCUT2D eigenvalue weighted by molar-refractivity contribution is 0.102. The van der Waals surface area contributed by atoms with Gasteiger partial charge in [0.25, 0.3) is 5.91 Å². The Morgan fingerprint density at radius 1 is 1.04 bits per heavy atom. The molecule has 4 rings (SSSR count). The number of carbonyl (C=O) groups is 1. The second-order valence-electron chi connectivity index (χ2n) is 5.91. The van der Waals surface area contributed by atoms with Crippen molar-refractivity contribution in [1.29, 1.82) is 0 Å². The Bertz CT molecular complexity index is 1150. The van der Waals surface area contributed by atoms with Crippen LogP contribution >= 0.6 is 11.3 Å². The number of hydrogen-bond donors (Lipinski definition) is 1. The quantitative estimate of drug-likeness (QED) is 0.537. The smallest absolute Gasteiger partial charge is 0.275 e. The molecular weight excluding hydrogens is 374 g/mol. The summed E-state index contributed by atoms with van der Waals surface area (Å²) in [5.74, 6) is 0.927. The molecule has 0 unspecified atom stereocenters. The van der Waals surface area contributed by atoms with Crippen molar-refractivity contribution in [1.82, 2.24) is 9.97 Å². The molecule has 6 nitrogen and oxygen atoms in total. The van der Waals surface area contributed by atoms with Gasteiger partial charge in [0, 0.05) is 17.0 Å². The SMILES string of the molecule is COc1cccc(-c2nc(C(=O)Nc3cccc4ncccc34)cs2)c1OC. The summed E-state index contributed by atoms with van der Waals surface area (Å²) in [5.41, 5.74) is 2.63. The van der Waals surface area contributed by atoms with Crippen LogP contribution in [0.3, 0.4) is 0 Å². The summed E-state index contributed by atoms with van der Waals surface area (Å²) in [5, 5.41) is 6.21. The number of anilines is 1. The molecule has 2 aromatic heterocycles. The molecule has 0 spiro atoms. The molecule has 2 heterocycles. The molecule has 4 aromatic rings. The minimum atomic E-state index is -0.277.